The van der Waals surface area contributed by atoms with E-state index in [0.717, 1.165) is 16.7 Å². The van der Waals surface area contributed by atoms with Gasteiger partial charge in [-0.2, -0.15) is 0 Å². The Balaban J connectivity index is 1.18. The van der Waals surface area contributed by atoms with Gasteiger partial charge in [-0.3, -0.25) is 4.98 Å². The summed E-state index contributed by atoms with van der Waals surface area (Å²) in [6, 6.07) is 61.5. The lowest BCUT2D eigenvalue weighted by Crippen LogP contribution is -2.27. The summed E-state index contributed by atoms with van der Waals surface area (Å²) in [5.74, 6) is 0. The van der Waals surface area contributed by atoms with E-state index in [2.05, 4.69) is 161 Å². The first-order chi connectivity index (χ1) is 25.3. The molecule has 0 atom stereocenters. The van der Waals surface area contributed by atoms with Crippen LogP contribution in [0.4, 0.5) is 5.69 Å². The molecule has 0 aliphatic heterocycles. The molecule has 1 spiro atoms. The van der Waals surface area contributed by atoms with Crippen molar-refractivity contribution in [1.82, 2.24) is 4.98 Å². The van der Waals surface area contributed by atoms with E-state index in [1.807, 2.05) is 30.6 Å². The Morgan fingerprint density at radius 2 is 0.804 bits per heavy atom. The number of hydrogen-bond donors (Lipinski definition) is 0. The molecule has 2 heteroatoms. The van der Waals surface area contributed by atoms with E-state index in [-0.39, 0.29) is 0 Å². The van der Waals surface area contributed by atoms with Crippen molar-refractivity contribution < 1.29 is 0 Å². The SMILES string of the molecule is [C-]#[N+]c1ccc(-c2cccc3c2C2(c4ccccc4-c4ccccc42)c2c(-c4ccc(-c5ccc(-c6cccnc6)cc5)cc4)cccc2-3)cc1. The Labute approximate surface area is 297 Å². The largest absolute Gasteiger partial charge is 0.264 e. The molecule has 10 rings (SSSR count). The minimum absolute atomic E-state index is 0.524. The molecule has 0 bridgehead atoms. The first-order valence-electron chi connectivity index (χ1n) is 17.3. The van der Waals surface area contributed by atoms with Crippen molar-refractivity contribution in [3.63, 3.8) is 0 Å². The van der Waals surface area contributed by atoms with Gasteiger partial charge in [-0.1, -0.05) is 164 Å². The third kappa shape index (κ3) is 4.26. The highest BCUT2D eigenvalue weighted by Crippen LogP contribution is 2.66. The Kier molecular flexibility index (Phi) is 6.50. The highest BCUT2D eigenvalue weighted by molar-refractivity contribution is 6.01. The number of fused-ring (bicyclic) bond motifs is 10. The van der Waals surface area contributed by atoms with Crippen molar-refractivity contribution in [2.45, 2.75) is 5.41 Å². The predicted octanol–water partition coefficient (Wildman–Crippen LogP) is 12.6. The van der Waals surface area contributed by atoms with Crippen molar-refractivity contribution in [2.24, 2.45) is 0 Å². The molecule has 1 aromatic heterocycles. The van der Waals surface area contributed by atoms with Crippen LogP contribution in [-0.4, -0.2) is 4.98 Å². The van der Waals surface area contributed by atoms with Gasteiger partial charge in [0.05, 0.1) is 12.0 Å². The average molecular weight is 647 g/mol. The molecule has 2 aliphatic carbocycles. The van der Waals surface area contributed by atoms with E-state index < -0.39 is 5.41 Å². The second-order valence-electron chi connectivity index (χ2n) is 13.4. The summed E-state index contributed by atoms with van der Waals surface area (Å²) in [6.45, 7) is 7.55. The summed E-state index contributed by atoms with van der Waals surface area (Å²) >= 11 is 0. The monoisotopic (exact) mass is 646 g/mol. The zero-order chi connectivity index (χ0) is 33.9. The van der Waals surface area contributed by atoms with Gasteiger partial charge < -0.3 is 0 Å². The zero-order valence-electron chi connectivity index (χ0n) is 27.7. The lowest BCUT2D eigenvalue weighted by Gasteiger charge is -2.33. The van der Waals surface area contributed by atoms with Crippen LogP contribution in [-0.2, 0) is 5.41 Å². The number of pyridine rings is 1. The molecule has 51 heavy (non-hydrogen) atoms. The lowest BCUT2D eigenvalue weighted by molar-refractivity contribution is 0.797. The number of benzene rings is 7. The van der Waals surface area contributed by atoms with Gasteiger partial charge in [0.2, 0.25) is 0 Å². The molecule has 0 saturated carbocycles. The van der Waals surface area contributed by atoms with Crippen LogP contribution in [0.5, 0.6) is 0 Å². The molecule has 0 unspecified atom stereocenters. The summed E-state index contributed by atoms with van der Waals surface area (Å²) in [6.07, 6.45) is 3.71. The van der Waals surface area contributed by atoms with E-state index in [1.165, 1.54) is 72.3 Å². The Bertz CT molecular complexity index is 2620. The second-order valence-corrected chi connectivity index (χ2v) is 13.4. The van der Waals surface area contributed by atoms with Gasteiger partial charge in [0.15, 0.2) is 5.69 Å². The Hall–Kier alpha value is -6.82. The highest BCUT2D eigenvalue weighted by Gasteiger charge is 2.53. The number of rotatable bonds is 4. The summed E-state index contributed by atoms with van der Waals surface area (Å²) in [4.78, 5) is 7.96. The number of hydrogen-bond acceptors (Lipinski definition) is 1. The van der Waals surface area contributed by atoms with Crippen molar-refractivity contribution in [3.8, 4) is 66.8 Å². The van der Waals surface area contributed by atoms with Gasteiger partial charge in [-0.15, -0.1) is 0 Å². The fourth-order valence-electron chi connectivity index (χ4n) is 8.69. The minimum atomic E-state index is -0.524. The van der Waals surface area contributed by atoms with Gasteiger partial charge in [0.1, 0.15) is 0 Å². The van der Waals surface area contributed by atoms with E-state index in [1.54, 1.807) is 0 Å². The van der Waals surface area contributed by atoms with Crippen LogP contribution >= 0.6 is 0 Å². The molecule has 1 heterocycles. The molecular weight excluding hydrogens is 617 g/mol. The molecular formula is C49H30N2. The lowest BCUT2D eigenvalue weighted by atomic mass is 9.67. The predicted molar refractivity (Wildman–Crippen MR) is 209 cm³/mol. The Morgan fingerprint density at radius 3 is 1.29 bits per heavy atom. The summed E-state index contributed by atoms with van der Waals surface area (Å²) in [5.41, 5.74) is 19.9. The standard InChI is InChI=1S/C49H30N2/c1-50-38-28-26-36(27-29-38)40-13-7-15-44-43-14-6-12-39(35-24-22-33(23-25-35)32-18-20-34(21-19-32)37-9-8-30-51-31-37)47(43)49(48(40)44)45-16-4-2-10-41(45)42-11-3-5-17-46(42)49/h2-31H. The first kappa shape index (κ1) is 29.1. The maximum atomic E-state index is 7.55. The van der Waals surface area contributed by atoms with Crippen LogP contribution in [0.3, 0.4) is 0 Å². The smallest absolute Gasteiger partial charge is 0.187 e. The third-order valence-electron chi connectivity index (χ3n) is 10.8. The van der Waals surface area contributed by atoms with Crippen LogP contribution in [0.25, 0.3) is 71.6 Å². The fraction of sp³-hybridized carbons (Fsp3) is 0.0204. The molecule has 7 aromatic carbocycles. The van der Waals surface area contributed by atoms with Crippen molar-refractivity contribution in [1.29, 1.82) is 0 Å². The summed E-state index contributed by atoms with van der Waals surface area (Å²) < 4.78 is 0. The topological polar surface area (TPSA) is 17.2 Å². The molecule has 0 N–H and O–H groups in total. The number of aromatic nitrogens is 1. The average Bonchev–Trinajstić information content (AvgIpc) is 3.69. The van der Waals surface area contributed by atoms with Crippen LogP contribution < -0.4 is 0 Å². The third-order valence-corrected chi connectivity index (χ3v) is 10.8. The normalized spacial score (nSPS) is 12.8. The summed E-state index contributed by atoms with van der Waals surface area (Å²) in [5, 5.41) is 0. The van der Waals surface area contributed by atoms with Crippen LogP contribution in [0.2, 0.25) is 0 Å². The minimum Gasteiger partial charge on any atom is -0.264 e. The van der Waals surface area contributed by atoms with Gasteiger partial charge in [-0.05, 0) is 95.1 Å². The zero-order valence-corrected chi connectivity index (χ0v) is 27.7. The van der Waals surface area contributed by atoms with E-state index in [4.69, 9.17) is 6.57 Å². The van der Waals surface area contributed by atoms with E-state index in [9.17, 15) is 0 Å². The van der Waals surface area contributed by atoms with Crippen LogP contribution in [0.15, 0.2) is 182 Å². The molecule has 0 amide bonds. The fourth-order valence-corrected chi connectivity index (χ4v) is 8.69. The van der Waals surface area contributed by atoms with Crippen LogP contribution in [0, 0.1) is 6.57 Å². The molecule has 0 saturated heterocycles. The molecule has 0 fully saturated rings. The van der Waals surface area contributed by atoms with Crippen LogP contribution in [0.1, 0.15) is 22.3 Å². The quantitative estimate of drug-likeness (QED) is 0.174. The molecule has 8 aromatic rings. The van der Waals surface area contributed by atoms with E-state index in [0.29, 0.717) is 5.69 Å². The van der Waals surface area contributed by atoms with Crippen molar-refractivity contribution in [2.75, 3.05) is 0 Å². The van der Waals surface area contributed by atoms with Crippen molar-refractivity contribution in [3.05, 3.63) is 216 Å². The number of nitrogens with zero attached hydrogens (tertiary/aromatic N) is 2. The maximum Gasteiger partial charge on any atom is 0.187 e. The van der Waals surface area contributed by atoms with Gasteiger partial charge in [0, 0.05) is 12.4 Å². The summed E-state index contributed by atoms with van der Waals surface area (Å²) in [7, 11) is 0. The second kappa shape index (κ2) is 11.4. The first-order valence-corrected chi connectivity index (χ1v) is 17.3. The van der Waals surface area contributed by atoms with Gasteiger partial charge >= 0.3 is 0 Å². The van der Waals surface area contributed by atoms with Gasteiger partial charge in [-0.25, -0.2) is 4.85 Å². The molecule has 0 radical (unpaired) electrons. The van der Waals surface area contributed by atoms with Gasteiger partial charge in [0.25, 0.3) is 0 Å². The highest BCUT2D eigenvalue weighted by atomic mass is 14.6. The Morgan fingerprint density at radius 1 is 0.373 bits per heavy atom. The molecule has 2 aliphatic rings. The maximum absolute atomic E-state index is 7.55. The molecule has 236 valence electrons. The van der Waals surface area contributed by atoms with Crippen molar-refractivity contribution >= 4 is 5.69 Å². The van der Waals surface area contributed by atoms with E-state index >= 15 is 0 Å². The molecule has 2 nitrogen and oxygen atoms in total.